The van der Waals surface area contributed by atoms with Gasteiger partial charge < -0.3 is 4.90 Å². The highest BCUT2D eigenvalue weighted by atomic mass is 19.2. The summed E-state index contributed by atoms with van der Waals surface area (Å²) in [7, 11) is 0. The number of alkyl halides is 2. The monoisotopic (exact) mass is 440 g/mol. The maximum Gasteiger partial charge on any atom is 0.132 e. The summed E-state index contributed by atoms with van der Waals surface area (Å²) >= 11 is 0. The zero-order chi connectivity index (χ0) is 23.3. The third-order valence-corrected chi connectivity index (χ3v) is 6.38. The largest absolute Gasteiger partial charge is 0.300 e. The van der Waals surface area contributed by atoms with Crippen molar-refractivity contribution in [3.63, 3.8) is 0 Å². The molecule has 0 heterocycles. The molecule has 0 saturated heterocycles. The van der Waals surface area contributed by atoms with E-state index in [1.54, 1.807) is 6.07 Å². The highest BCUT2D eigenvalue weighted by molar-refractivity contribution is 5.27. The predicted octanol–water partition coefficient (Wildman–Crippen LogP) is 7.05. The zero-order valence-corrected chi connectivity index (χ0v) is 19.8. The summed E-state index contributed by atoms with van der Waals surface area (Å²) in [5.41, 5.74) is 3.79. The lowest BCUT2D eigenvalue weighted by Gasteiger charge is -2.29. The van der Waals surface area contributed by atoms with Gasteiger partial charge in [-0.15, -0.1) is 0 Å². The maximum atomic E-state index is 13.5. The smallest absolute Gasteiger partial charge is 0.132 e. The number of hydrogen-bond donors (Lipinski definition) is 0. The Morgan fingerprint density at radius 1 is 0.938 bits per heavy atom. The maximum absolute atomic E-state index is 13.5. The number of halogens is 2. The van der Waals surface area contributed by atoms with Crippen LogP contribution in [0.5, 0.6) is 0 Å². The quantitative estimate of drug-likeness (QED) is 0.396. The van der Waals surface area contributed by atoms with E-state index in [4.69, 9.17) is 5.26 Å². The second-order valence-corrected chi connectivity index (χ2v) is 8.82. The van der Waals surface area contributed by atoms with E-state index in [2.05, 4.69) is 73.3 Å². The van der Waals surface area contributed by atoms with Crippen LogP contribution in [0.3, 0.4) is 0 Å². The number of rotatable bonds is 10. The molecule has 0 N–H and O–H groups in total. The molecule has 0 aromatic heterocycles. The van der Waals surface area contributed by atoms with E-state index >= 15 is 0 Å². The second kappa shape index (κ2) is 14.0. The molecule has 1 saturated carbocycles. The van der Waals surface area contributed by atoms with Gasteiger partial charge in [-0.05, 0) is 74.6 Å². The van der Waals surface area contributed by atoms with Crippen molar-refractivity contribution in [3.05, 3.63) is 71.3 Å². The Balaban J connectivity index is 0.00000114. The summed E-state index contributed by atoms with van der Waals surface area (Å²) in [5.74, 6) is 0.0333. The summed E-state index contributed by atoms with van der Waals surface area (Å²) in [6.07, 6.45) is 2.48. The number of benzene rings is 2. The summed E-state index contributed by atoms with van der Waals surface area (Å²) in [6.45, 7) is 8.22. The number of hydrogen-bond acceptors (Lipinski definition) is 2. The van der Waals surface area contributed by atoms with Gasteiger partial charge in [0.15, 0.2) is 0 Å². The van der Waals surface area contributed by atoms with Crippen LogP contribution < -0.4 is 0 Å². The van der Waals surface area contributed by atoms with E-state index in [0.717, 1.165) is 37.9 Å². The van der Waals surface area contributed by atoms with Crippen LogP contribution in [0.15, 0.2) is 54.6 Å². The van der Waals surface area contributed by atoms with Gasteiger partial charge in [-0.25, -0.2) is 8.78 Å². The molecule has 32 heavy (non-hydrogen) atoms. The molecule has 1 fully saturated rings. The molecule has 174 valence electrons. The van der Waals surface area contributed by atoms with Gasteiger partial charge in [-0.3, -0.25) is 0 Å². The molecule has 1 aliphatic carbocycles. The van der Waals surface area contributed by atoms with Crippen LogP contribution in [0.25, 0.3) is 0 Å². The summed E-state index contributed by atoms with van der Waals surface area (Å²) in [5, 5.41) is 7.32. The second-order valence-electron chi connectivity index (χ2n) is 8.82. The van der Waals surface area contributed by atoms with Crippen molar-refractivity contribution < 1.29 is 8.78 Å². The molecule has 3 atom stereocenters. The molecule has 3 unspecified atom stereocenters. The van der Waals surface area contributed by atoms with Crippen LogP contribution in [-0.2, 0) is 12.8 Å². The average Bonchev–Trinajstić information content (AvgIpc) is 3.14. The summed E-state index contributed by atoms with van der Waals surface area (Å²) < 4.78 is 26.9. The minimum absolute atomic E-state index is 0.0333. The van der Waals surface area contributed by atoms with Gasteiger partial charge in [0.25, 0.3) is 0 Å². The van der Waals surface area contributed by atoms with E-state index in [-0.39, 0.29) is 5.92 Å². The molecule has 0 amide bonds. The van der Waals surface area contributed by atoms with E-state index < -0.39 is 12.3 Å². The zero-order valence-electron chi connectivity index (χ0n) is 19.8. The van der Waals surface area contributed by atoms with Crippen molar-refractivity contribution in [3.8, 4) is 6.07 Å². The van der Waals surface area contributed by atoms with Gasteiger partial charge in [-0.2, -0.15) is 5.26 Å². The highest BCUT2D eigenvalue weighted by Crippen LogP contribution is 2.38. The molecule has 1 aliphatic rings. The van der Waals surface area contributed by atoms with Crippen LogP contribution in [-0.4, -0.2) is 36.4 Å². The molecular formula is C28H38F2N2. The van der Waals surface area contributed by atoms with Gasteiger partial charge in [0, 0.05) is 19.5 Å². The van der Waals surface area contributed by atoms with Crippen molar-refractivity contribution in [1.82, 2.24) is 4.90 Å². The molecule has 2 nitrogen and oxygen atoms in total. The normalized spacial score (nSPS) is 21.0. The van der Waals surface area contributed by atoms with E-state index in [1.807, 2.05) is 0 Å². The molecular weight excluding hydrogens is 402 g/mol. The number of aryl methyl sites for hydroxylation is 1. The minimum atomic E-state index is -1.29. The van der Waals surface area contributed by atoms with Crippen molar-refractivity contribution in [2.45, 2.75) is 83.6 Å². The summed E-state index contributed by atoms with van der Waals surface area (Å²) in [4.78, 5) is 2.60. The van der Waals surface area contributed by atoms with Crippen molar-refractivity contribution >= 4 is 0 Å². The SMILES string of the molecule is CC#N.CCCN(CCc1ccccc1)C(C)CCc1ccc(C2CC(F)C(F)C2)cc1. The minimum Gasteiger partial charge on any atom is -0.300 e. The van der Waals surface area contributed by atoms with E-state index in [0.29, 0.717) is 18.9 Å². The lowest BCUT2D eigenvalue weighted by molar-refractivity contribution is 0.199. The standard InChI is InChI=1S/C26H35F2N.C2H3N/c1-3-16-29(17-15-21-7-5-4-6-8-21)20(2)9-10-22-11-13-23(14-12-22)24-18-25(27)26(28)19-24;1-2-3/h4-8,11-14,20,24-26H,3,9-10,15-19H2,1-2H3;1H3. The molecule has 0 radical (unpaired) electrons. The predicted molar refractivity (Wildman–Crippen MR) is 129 cm³/mol. The fourth-order valence-electron chi connectivity index (χ4n) is 4.48. The van der Waals surface area contributed by atoms with Crippen LogP contribution >= 0.6 is 0 Å². The molecule has 4 heteroatoms. The third-order valence-electron chi connectivity index (χ3n) is 6.38. The molecule has 2 aromatic rings. The lowest BCUT2D eigenvalue weighted by atomic mass is 9.95. The van der Waals surface area contributed by atoms with Crippen LogP contribution in [0.4, 0.5) is 8.78 Å². The molecule has 3 rings (SSSR count). The molecule has 2 aromatic carbocycles. The Morgan fingerprint density at radius 2 is 1.50 bits per heavy atom. The van der Waals surface area contributed by atoms with Crippen molar-refractivity contribution in [2.75, 3.05) is 13.1 Å². The molecule has 0 spiro atoms. The Bertz CT molecular complexity index is 790. The lowest BCUT2D eigenvalue weighted by Crippen LogP contribution is -2.35. The van der Waals surface area contributed by atoms with Gasteiger partial charge in [0.1, 0.15) is 12.3 Å². The average molecular weight is 441 g/mol. The Hall–Kier alpha value is -2.25. The first-order valence-corrected chi connectivity index (χ1v) is 11.9. The van der Waals surface area contributed by atoms with Gasteiger partial charge in [-0.1, -0.05) is 61.5 Å². The van der Waals surface area contributed by atoms with Gasteiger partial charge >= 0.3 is 0 Å². The topological polar surface area (TPSA) is 27.0 Å². The fourth-order valence-corrected chi connectivity index (χ4v) is 4.48. The van der Waals surface area contributed by atoms with Gasteiger partial charge in [0.05, 0.1) is 6.07 Å². The number of nitrogens with zero attached hydrogens (tertiary/aromatic N) is 2. The fraction of sp³-hybridized carbons (Fsp3) is 0.536. The van der Waals surface area contributed by atoms with Crippen LogP contribution in [0, 0.1) is 11.3 Å². The number of nitriles is 1. The first-order chi connectivity index (χ1) is 15.5. The Kier molecular flexibility index (Phi) is 11.4. The first kappa shape index (κ1) is 26.0. The first-order valence-electron chi connectivity index (χ1n) is 11.9. The molecule has 0 bridgehead atoms. The van der Waals surface area contributed by atoms with Gasteiger partial charge in [0.2, 0.25) is 0 Å². The Morgan fingerprint density at radius 3 is 2.06 bits per heavy atom. The van der Waals surface area contributed by atoms with E-state index in [9.17, 15) is 8.78 Å². The van der Waals surface area contributed by atoms with Crippen LogP contribution in [0.2, 0.25) is 0 Å². The van der Waals surface area contributed by atoms with Crippen molar-refractivity contribution in [2.24, 2.45) is 0 Å². The van der Waals surface area contributed by atoms with Crippen molar-refractivity contribution in [1.29, 1.82) is 5.26 Å². The summed E-state index contributed by atoms with van der Waals surface area (Å²) in [6, 6.07) is 21.4. The molecule has 0 aliphatic heterocycles. The third kappa shape index (κ3) is 8.36. The van der Waals surface area contributed by atoms with Crippen LogP contribution in [0.1, 0.15) is 69.1 Å². The highest BCUT2D eigenvalue weighted by Gasteiger charge is 2.35. The Labute approximate surface area is 193 Å². The van der Waals surface area contributed by atoms with E-state index in [1.165, 1.54) is 24.5 Å².